The van der Waals surface area contributed by atoms with Crippen molar-refractivity contribution in [2.45, 2.75) is 0 Å². The Bertz CT molecular complexity index is 466. The molecule has 0 atom stereocenters. The fourth-order valence-electron chi connectivity index (χ4n) is 1.49. The molecule has 0 amide bonds. The summed E-state index contributed by atoms with van der Waals surface area (Å²) in [5.74, 6) is 0. The third-order valence-electron chi connectivity index (χ3n) is 2.29. The molecule has 3 radical (unpaired) electrons. The predicted molar refractivity (Wildman–Crippen MR) is 67.9 cm³/mol. The van der Waals surface area contributed by atoms with Crippen LogP contribution in [0, 0.1) is 0 Å². The van der Waals surface area contributed by atoms with Crippen LogP contribution in [0.3, 0.4) is 0 Å². The third kappa shape index (κ3) is 3.05. The van der Waals surface area contributed by atoms with Gasteiger partial charge in [0.1, 0.15) is 0 Å². The van der Waals surface area contributed by atoms with E-state index in [2.05, 4.69) is 73.2 Å². The summed E-state index contributed by atoms with van der Waals surface area (Å²) in [6.45, 7) is 0. The molecule has 0 unspecified atom stereocenters. The molecular weight excluding hydrogens is 226 g/mol. The second-order valence-electron chi connectivity index (χ2n) is 3.35. The van der Waals surface area contributed by atoms with E-state index in [1.165, 1.54) is 15.6 Å². The minimum Gasteiger partial charge on any atom is -0.378 e. The van der Waals surface area contributed by atoms with E-state index >= 15 is 0 Å². The largest absolute Gasteiger partial charge is 0.474 e. The normalized spacial score (nSPS) is 10.5. The molecule has 0 aliphatic carbocycles. The molecule has 4 heteroatoms. The van der Waals surface area contributed by atoms with E-state index in [9.17, 15) is 0 Å². The van der Waals surface area contributed by atoms with Gasteiger partial charge in [0, 0.05) is 0 Å². The molecule has 0 aromatic heterocycles. The van der Waals surface area contributed by atoms with E-state index in [-0.39, 0.29) is 15.4 Å². The molecule has 0 fully saturated rings. The molecule has 0 heterocycles. The van der Waals surface area contributed by atoms with Crippen molar-refractivity contribution in [1.29, 1.82) is 0 Å². The predicted octanol–water partition coefficient (Wildman–Crippen LogP) is 2.13. The first-order chi connectivity index (χ1) is 7.90. The van der Waals surface area contributed by atoms with Crippen LogP contribution in [0.5, 0.6) is 0 Å². The van der Waals surface area contributed by atoms with Gasteiger partial charge in [-0.05, 0) is 11.1 Å². The molecule has 0 bridgehead atoms. The molecule has 73 valence electrons. The van der Waals surface area contributed by atoms with Crippen LogP contribution >= 0.6 is 0 Å². The fourth-order valence-corrected chi connectivity index (χ4v) is 2.26. The van der Waals surface area contributed by atoms with Crippen LogP contribution in [0.4, 0.5) is 0 Å². The molecule has 2 nitrogen and oxygen atoms in total. The average molecular weight is 235 g/mol. The summed E-state index contributed by atoms with van der Waals surface area (Å²) < 4.78 is 8.96. The van der Waals surface area contributed by atoms with Gasteiger partial charge in [-0.1, -0.05) is 59.0 Å². The maximum Gasteiger partial charge on any atom is 0.474 e. The van der Waals surface area contributed by atoms with Gasteiger partial charge in [0.15, 0.2) is 0 Å². The van der Waals surface area contributed by atoms with Gasteiger partial charge >= 0.3 is 32.0 Å². The molecular formula is C12H9Al2N2. The summed E-state index contributed by atoms with van der Waals surface area (Å²) in [5, 5.41) is 0. The third-order valence-corrected chi connectivity index (χ3v) is 3.62. The lowest BCUT2D eigenvalue weighted by Gasteiger charge is -2.01. The first kappa shape index (κ1) is 11.6. The second-order valence-corrected chi connectivity index (χ2v) is 4.73. The first-order valence-corrected chi connectivity index (χ1v) is 6.60. The van der Waals surface area contributed by atoms with Crippen molar-refractivity contribution < 1.29 is 0 Å². The molecule has 16 heavy (non-hydrogen) atoms. The molecule has 0 aliphatic heterocycles. The lowest BCUT2D eigenvalue weighted by Crippen LogP contribution is -2.10. The molecule has 0 aliphatic rings. The lowest BCUT2D eigenvalue weighted by molar-refractivity contribution is 1.47. The summed E-state index contributed by atoms with van der Waals surface area (Å²) in [6, 6.07) is 18.9. The summed E-state index contributed by atoms with van der Waals surface area (Å²) in [7, 11) is 0. The fraction of sp³-hybridized carbons (Fsp3) is 0. The zero-order chi connectivity index (χ0) is 11.2. The van der Waals surface area contributed by atoms with E-state index < -0.39 is 0 Å². The van der Waals surface area contributed by atoms with Gasteiger partial charge in [0.25, 0.3) is 0 Å². The van der Waals surface area contributed by atoms with Crippen LogP contribution < -0.4 is 4.43 Å². The second kappa shape index (κ2) is 5.99. The van der Waals surface area contributed by atoms with Crippen molar-refractivity contribution >= 4 is 36.4 Å². The lowest BCUT2D eigenvalue weighted by atomic mass is 10.1. The van der Waals surface area contributed by atoms with Crippen molar-refractivity contribution in [2.75, 3.05) is 0 Å². The Morgan fingerprint density at radius 3 is 2.06 bits per heavy atom. The van der Waals surface area contributed by atoms with Crippen LogP contribution in [-0.4, -0.2) is 32.0 Å². The first-order valence-electron chi connectivity index (χ1n) is 4.99. The Balaban J connectivity index is 2.20. The minimum absolute atomic E-state index is 0.0869. The monoisotopic (exact) mass is 235 g/mol. The molecule has 2 rings (SSSR count). The summed E-state index contributed by atoms with van der Waals surface area (Å²) in [5.41, 5.74) is 2.49. The SMILES string of the molecule is [Al][N]=[N][Al][c]1ccc(-c2ccccc2)cc1. The Labute approximate surface area is 110 Å². The van der Waals surface area contributed by atoms with Crippen LogP contribution in [0.2, 0.25) is 0 Å². The highest BCUT2D eigenvalue weighted by Crippen LogP contribution is 2.16. The van der Waals surface area contributed by atoms with E-state index in [4.69, 9.17) is 0 Å². The molecule has 0 saturated heterocycles. The molecule has 0 spiro atoms. The summed E-state index contributed by atoms with van der Waals surface area (Å²) >= 11 is 2.17. The Morgan fingerprint density at radius 2 is 1.44 bits per heavy atom. The highest BCUT2D eigenvalue weighted by atomic mass is 27.1. The van der Waals surface area contributed by atoms with Crippen molar-refractivity contribution in [3.63, 3.8) is 0 Å². The van der Waals surface area contributed by atoms with Gasteiger partial charge < -0.3 is 8.20 Å². The van der Waals surface area contributed by atoms with Crippen LogP contribution in [0.1, 0.15) is 0 Å². The van der Waals surface area contributed by atoms with Gasteiger partial charge in [0.05, 0.1) is 0 Å². The van der Waals surface area contributed by atoms with E-state index in [0.717, 1.165) is 0 Å². The number of benzene rings is 2. The standard InChI is InChI=1S/C12H9.2Al.N2/c1-3-7-11(8-4-1)12-9-5-2-6-10-12;;;1-2/h1,3-10H;;;/q;2*+1;-2. The number of rotatable bonds is 3. The van der Waals surface area contributed by atoms with Gasteiger partial charge in [0.2, 0.25) is 0 Å². The topological polar surface area (TPSA) is 24.7 Å². The highest BCUT2D eigenvalue weighted by Gasteiger charge is 1.98. The summed E-state index contributed by atoms with van der Waals surface area (Å²) in [6.07, 6.45) is 0. The minimum atomic E-state index is -0.0869. The zero-order valence-corrected chi connectivity index (χ0v) is 11.1. The van der Waals surface area contributed by atoms with Gasteiger partial charge in [-0.2, -0.15) is 0 Å². The Morgan fingerprint density at radius 1 is 0.812 bits per heavy atom. The van der Waals surface area contributed by atoms with Crippen molar-refractivity contribution in [3.8, 4) is 11.1 Å². The Kier molecular flexibility index (Phi) is 4.34. The molecule has 0 N–H and O–H groups in total. The van der Waals surface area contributed by atoms with E-state index in [1.54, 1.807) is 0 Å². The van der Waals surface area contributed by atoms with E-state index in [0.29, 0.717) is 0 Å². The van der Waals surface area contributed by atoms with Crippen LogP contribution in [0.25, 0.3) is 11.1 Å². The highest BCUT2D eigenvalue weighted by molar-refractivity contribution is 6.51. The number of hydrogen-bond acceptors (Lipinski definition) is 2. The summed E-state index contributed by atoms with van der Waals surface area (Å²) in [4.78, 5) is 0. The molecule has 2 aromatic carbocycles. The zero-order valence-electron chi connectivity index (χ0n) is 8.75. The number of nitrogens with zero attached hydrogens (tertiary/aromatic N) is 2. The van der Waals surface area contributed by atoms with Crippen LogP contribution in [0.15, 0.2) is 62.8 Å². The van der Waals surface area contributed by atoms with Crippen molar-refractivity contribution in [2.24, 2.45) is 8.20 Å². The van der Waals surface area contributed by atoms with Crippen molar-refractivity contribution in [1.82, 2.24) is 0 Å². The van der Waals surface area contributed by atoms with Crippen LogP contribution in [-0.2, 0) is 0 Å². The van der Waals surface area contributed by atoms with E-state index in [1.807, 2.05) is 6.07 Å². The molecule has 2 aromatic rings. The smallest absolute Gasteiger partial charge is 0.378 e. The van der Waals surface area contributed by atoms with Gasteiger partial charge in [-0.15, -0.1) is 0 Å². The number of hydrogen-bond donors (Lipinski definition) is 0. The molecule has 0 saturated carbocycles. The average Bonchev–Trinajstić information content (AvgIpc) is 2.38. The maximum atomic E-state index is 4.02. The quantitative estimate of drug-likeness (QED) is 0.575. The van der Waals surface area contributed by atoms with Crippen molar-refractivity contribution in [3.05, 3.63) is 54.6 Å². The maximum absolute atomic E-state index is 4.02. The van der Waals surface area contributed by atoms with Gasteiger partial charge in [-0.3, -0.25) is 0 Å². The Hall–Kier alpha value is -0.895. The van der Waals surface area contributed by atoms with Gasteiger partial charge in [-0.25, -0.2) is 0 Å².